The fourth-order valence-corrected chi connectivity index (χ4v) is 1.28. The van der Waals surface area contributed by atoms with Crippen LogP contribution in [0.1, 0.15) is 19.8 Å². The number of hydrazine groups is 1. The summed E-state index contributed by atoms with van der Waals surface area (Å²) in [6.45, 7) is 2.65. The molecule has 2 aromatic heterocycles. The molecule has 0 atom stereocenters. The second-order valence-corrected chi connectivity index (χ2v) is 3.56. The van der Waals surface area contributed by atoms with E-state index in [4.69, 9.17) is 10.6 Å². The largest absolute Gasteiger partial charge is 0.463 e. The van der Waals surface area contributed by atoms with E-state index in [9.17, 15) is 0 Å². The molecule has 96 valence electrons. The molecule has 0 spiro atoms. The van der Waals surface area contributed by atoms with Crippen LogP contribution in [-0.2, 0) is 0 Å². The molecule has 0 aliphatic heterocycles. The highest BCUT2D eigenvalue weighted by Gasteiger charge is 2.08. The smallest absolute Gasteiger partial charge is 0.323 e. The second-order valence-electron chi connectivity index (χ2n) is 3.56. The number of hydrogen-bond donors (Lipinski definition) is 2. The number of hydrogen-bond acceptors (Lipinski definition) is 7. The Morgan fingerprint density at radius 2 is 2.28 bits per heavy atom. The first-order chi connectivity index (χ1) is 8.83. The topological polar surface area (TPSA) is 104 Å². The third kappa shape index (κ3) is 2.92. The van der Waals surface area contributed by atoms with E-state index in [1.807, 2.05) is 0 Å². The van der Waals surface area contributed by atoms with Crippen molar-refractivity contribution < 1.29 is 4.74 Å². The first-order valence-electron chi connectivity index (χ1n) is 5.67. The first kappa shape index (κ1) is 12.2. The van der Waals surface area contributed by atoms with Crippen LogP contribution in [0.25, 0.3) is 5.95 Å². The molecule has 0 radical (unpaired) electrons. The van der Waals surface area contributed by atoms with E-state index in [0.717, 1.165) is 12.8 Å². The molecule has 2 heterocycles. The Morgan fingerprint density at radius 1 is 1.39 bits per heavy atom. The fraction of sp³-hybridized carbons (Fsp3) is 0.400. The first-order valence-corrected chi connectivity index (χ1v) is 5.67. The van der Waals surface area contributed by atoms with Crippen LogP contribution >= 0.6 is 0 Å². The fourth-order valence-electron chi connectivity index (χ4n) is 1.28. The van der Waals surface area contributed by atoms with Crippen molar-refractivity contribution >= 4 is 5.95 Å². The molecule has 0 aliphatic rings. The summed E-state index contributed by atoms with van der Waals surface area (Å²) in [4.78, 5) is 16.2. The molecule has 0 fully saturated rings. The Hall–Kier alpha value is -2.22. The average Bonchev–Trinajstić information content (AvgIpc) is 2.92. The number of ether oxygens (including phenoxy) is 1. The highest BCUT2D eigenvalue weighted by atomic mass is 16.5. The van der Waals surface area contributed by atoms with Gasteiger partial charge >= 0.3 is 6.01 Å². The minimum atomic E-state index is 0.245. The van der Waals surface area contributed by atoms with Crippen LogP contribution in [0, 0.1) is 0 Å². The molecule has 0 aromatic carbocycles. The molecule has 0 amide bonds. The van der Waals surface area contributed by atoms with Crippen molar-refractivity contribution in [2.75, 3.05) is 12.0 Å². The quantitative estimate of drug-likeness (QED) is 0.437. The second kappa shape index (κ2) is 5.92. The summed E-state index contributed by atoms with van der Waals surface area (Å²) in [5.74, 6) is 5.97. The molecule has 0 bridgehead atoms. The Bertz CT molecular complexity index is 485. The number of nitrogen functional groups attached to an aromatic ring is 1. The molecule has 8 nitrogen and oxygen atoms in total. The Balaban J connectivity index is 2.22. The molecule has 0 unspecified atom stereocenters. The lowest BCUT2D eigenvalue weighted by Gasteiger charge is -2.07. The van der Waals surface area contributed by atoms with Gasteiger partial charge in [-0.2, -0.15) is 15.0 Å². The third-order valence-corrected chi connectivity index (χ3v) is 2.20. The monoisotopic (exact) mass is 249 g/mol. The molecular formula is C10H15N7O. The number of imidazole rings is 1. The normalized spacial score (nSPS) is 10.3. The summed E-state index contributed by atoms with van der Waals surface area (Å²) in [7, 11) is 0. The van der Waals surface area contributed by atoms with Gasteiger partial charge in [-0.15, -0.1) is 0 Å². The number of nitrogens with zero attached hydrogens (tertiary/aromatic N) is 5. The number of anilines is 1. The summed E-state index contributed by atoms with van der Waals surface area (Å²) in [6.07, 6.45) is 6.94. The summed E-state index contributed by atoms with van der Waals surface area (Å²) in [6, 6.07) is 0.245. The van der Waals surface area contributed by atoms with Crippen LogP contribution in [0.5, 0.6) is 6.01 Å². The van der Waals surface area contributed by atoms with Crippen LogP contribution in [-0.4, -0.2) is 31.1 Å². The van der Waals surface area contributed by atoms with Crippen LogP contribution in [0.3, 0.4) is 0 Å². The zero-order valence-electron chi connectivity index (χ0n) is 10.1. The number of rotatable bonds is 6. The maximum atomic E-state index is 5.44. The van der Waals surface area contributed by atoms with Crippen molar-refractivity contribution in [1.29, 1.82) is 0 Å². The number of nitrogens with one attached hydrogen (secondary N) is 1. The van der Waals surface area contributed by atoms with Gasteiger partial charge in [-0.25, -0.2) is 10.8 Å². The Kier molecular flexibility index (Phi) is 4.02. The molecule has 18 heavy (non-hydrogen) atoms. The lowest BCUT2D eigenvalue weighted by atomic mass is 10.4. The van der Waals surface area contributed by atoms with Gasteiger partial charge < -0.3 is 4.74 Å². The van der Waals surface area contributed by atoms with Gasteiger partial charge in [0.25, 0.3) is 0 Å². The van der Waals surface area contributed by atoms with E-state index >= 15 is 0 Å². The molecule has 0 saturated heterocycles. The molecule has 0 saturated carbocycles. The van der Waals surface area contributed by atoms with Crippen molar-refractivity contribution in [1.82, 2.24) is 24.5 Å². The van der Waals surface area contributed by atoms with Gasteiger partial charge in [0.1, 0.15) is 6.33 Å². The van der Waals surface area contributed by atoms with E-state index in [-0.39, 0.29) is 12.0 Å². The van der Waals surface area contributed by atoms with Crippen molar-refractivity contribution in [2.45, 2.75) is 19.8 Å². The molecular weight excluding hydrogens is 234 g/mol. The van der Waals surface area contributed by atoms with Gasteiger partial charge in [-0.05, 0) is 6.42 Å². The third-order valence-electron chi connectivity index (χ3n) is 2.20. The summed E-state index contributed by atoms with van der Waals surface area (Å²) >= 11 is 0. The van der Waals surface area contributed by atoms with Crippen molar-refractivity contribution in [2.24, 2.45) is 5.84 Å². The van der Waals surface area contributed by atoms with Crippen LogP contribution in [0.15, 0.2) is 18.7 Å². The minimum absolute atomic E-state index is 0.245. The number of nitrogens with two attached hydrogens (primary N) is 1. The molecule has 0 aliphatic carbocycles. The van der Waals surface area contributed by atoms with E-state index in [1.165, 1.54) is 0 Å². The molecule has 3 N–H and O–H groups in total. The van der Waals surface area contributed by atoms with Crippen LogP contribution in [0.4, 0.5) is 5.95 Å². The zero-order chi connectivity index (χ0) is 12.8. The highest BCUT2D eigenvalue weighted by Crippen LogP contribution is 2.10. The van der Waals surface area contributed by atoms with Crippen molar-refractivity contribution in [3.63, 3.8) is 0 Å². The van der Waals surface area contributed by atoms with Crippen LogP contribution in [0.2, 0.25) is 0 Å². The lowest BCUT2D eigenvalue weighted by molar-refractivity contribution is 0.284. The summed E-state index contributed by atoms with van der Waals surface area (Å²) in [5.41, 5.74) is 2.38. The highest BCUT2D eigenvalue weighted by molar-refractivity contribution is 5.28. The SMILES string of the molecule is CCCCOc1nc(NN)nc(-n2ccnc2)n1. The van der Waals surface area contributed by atoms with Gasteiger partial charge in [0.2, 0.25) is 11.9 Å². The number of aromatic nitrogens is 5. The van der Waals surface area contributed by atoms with Gasteiger partial charge in [0, 0.05) is 12.4 Å². The maximum Gasteiger partial charge on any atom is 0.323 e. The predicted molar refractivity (Wildman–Crippen MR) is 65.2 cm³/mol. The van der Waals surface area contributed by atoms with E-state index in [2.05, 4.69) is 32.3 Å². The minimum Gasteiger partial charge on any atom is -0.463 e. The number of unbranched alkanes of at least 4 members (excludes halogenated alkanes) is 1. The van der Waals surface area contributed by atoms with E-state index in [0.29, 0.717) is 12.6 Å². The Morgan fingerprint density at radius 3 is 2.94 bits per heavy atom. The predicted octanol–water partition coefficient (Wildman–Crippen LogP) is 0.522. The maximum absolute atomic E-state index is 5.44. The average molecular weight is 249 g/mol. The van der Waals surface area contributed by atoms with E-state index in [1.54, 1.807) is 23.3 Å². The molecule has 2 rings (SSSR count). The van der Waals surface area contributed by atoms with Crippen molar-refractivity contribution in [3.05, 3.63) is 18.7 Å². The van der Waals surface area contributed by atoms with Gasteiger partial charge in [0.15, 0.2) is 0 Å². The van der Waals surface area contributed by atoms with Crippen LogP contribution < -0.4 is 16.0 Å². The zero-order valence-corrected chi connectivity index (χ0v) is 10.1. The lowest BCUT2D eigenvalue weighted by Crippen LogP contribution is -2.14. The Labute approximate surface area is 104 Å². The van der Waals surface area contributed by atoms with Gasteiger partial charge in [-0.1, -0.05) is 13.3 Å². The standard InChI is InChI=1S/C10H15N7O/c1-2-3-6-18-10-14-8(16-11)13-9(15-10)17-5-4-12-7-17/h4-5,7H,2-3,6,11H2,1H3,(H,13,14,15,16). The summed E-state index contributed by atoms with van der Waals surface area (Å²) in [5, 5.41) is 0. The van der Waals surface area contributed by atoms with Crippen molar-refractivity contribution in [3.8, 4) is 12.0 Å². The molecule has 2 aromatic rings. The van der Waals surface area contributed by atoms with E-state index < -0.39 is 0 Å². The summed E-state index contributed by atoms with van der Waals surface area (Å²) < 4.78 is 7.08. The van der Waals surface area contributed by atoms with Gasteiger partial charge in [0.05, 0.1) is 6.61 Å². The van der Waals surface area contributed by atoms with Gasteiger partial charge in [-0.3, -0.25) is 9.99 Å². The molecule has 8 heteroatoms.